The molecular formula is C8H7N3. The SMILES string of the molecule is N#CCC/C=C/C(C#N)C#N. The van der Waals surface area contributed by atoms with E-state index in [0.29, 0.717) is 12.8 Å². The molecule has 0 aliphatic carbocycles. The molecule has 0 bridgehead atoms. The van der Waals surface area contributed by atoms with E-state index in [1.165, 1.54) is 6.08 Å². The number of allylic oxidation sites excluding steroid dienone is 2. The summed E-state index contributed by atoms with van der Waals surface area (Å²) in [5.41, 5.74) is 0. The zero-order valence-electron chi connectivity index (χ0n) is 5.99. The predicted octanol–water partition coefficient (Wildman–Crippen LogP) is 1.51. The molecule has 0 aromatic heterocycles. The largest absolute Gasteiger partial charge is 0.198 e. The lowest BCUT2D eigenvalue weighted by Gasteiger charge is -1.85. The average Bonchev–Trinajstić information content (AvgIpc) is 2.05. The van der Waals surface area contributed by atoms with Crippen LogP contribution in [0.3, 0.4) is 0 Å². The standard InChI is InChI=1S/C8H7N3/c9-5-3-1-2-4-8(6-10)7-11/h2,4,8H,1,3H2/b4-2+. The van der Waals surface area contributed by atoms with Crippen LogP contribution in [0.4, 0.5) is 0 Å². The van der Waals surface area contributed by atoms with Crippen LogP contribution in [0.25, 0.3) is 0 Å². The van der Waals surface area contributed by atoms with Gasteiger partial charge in [0.15, 0.2) is 5.92 Å². The maximum Gasteiger partial charge on any atom is 0.151 e. The molecule has 0 unspecified atom stereocenters. The van der Waals surface area contributed by atoms with Crippen LogP contribution in [-0.4, -0.2) is 0 Å². The van der Waals surface area contributed by atoms with Crippen molar-refractivity contribution < 1.29 is 0 Å². The fraction of sp³-hybridized carbons (Fsp3) is 0.375. The number of nitrogens with zero attached hydrogens (tertiary/aromatic N) is 3. The van der Waals surface area contributed by atoms with Gasteiger partial charge in [0, 0.05) is 6.42 Å². The third kappa shape index (κ3) is 4.70. The molecule has 54 valence electrons. The summed E-state index contributed by atoms with van der Waals surface area (Å²) in [5, 5.41) is 24.7. The van der Waals surface area contributed by atoms with Crippen molar-refractivity contribution >= 4 is 0 Å². The fourth-order valence-corrected chi connectivity index (χ4v) is 0.495. The molecule has 0 N–H and O–H groups in total. The Morgan fingerprint density at radius 2 is 1.82 bits per heavy atom. The van der Waals surface area contributed by atoms with Crippen LogP contribution in [-0.2, 0) is 0 Å². The minimum absolute atomic E-state index is 0.431. The normalized spacial score (nSPS) is 8.91. The van der Waals surface area contributed by atoms with Crippen LogP contribution in [0.15, 0.2) is 12.2 Å². The molecule has 0 saturated heterocycles. The van der Waals surface area contributed by atoms with Gasteiger partial charge in [-0.2, -0.15) is 15.8 Å². The number of unbranched alkanes of at least 4 members (excludes halogenated alkanes) is 1. The number of hydrogen-bond acceptors (Lipinski definition) is 3. The van der Waals surface area contributed by atoms with Crippen molar-refractivity contribution in [3.63, 3.8) is 0 Å². The van der Waals surface area contributed by atoms with Crippen molar-refractivity contribution in [3.05, 3.63) is 12.2 Å². The van der Waals surface area contributed by atoms with E-state index in [1.54, 1.807) is 18.2 Å². The maximum absolute atomic E-state index is 8.29. The molecule has 11 heavy (non-hydrogen) atoms. The Bertz CT molecular complexity index is 232. The zero-order chi connectivity index (χ0) is 8.53. The molecule has 0 atom stereocenters. The molecule has 0 amide bonds. The molecule has 0 spiro atoms. The monoisotopic (exact) mass is 145 g/mol. The minimum atomic E-state index is -0.673. The molecule has 0 aliphatic heterocycles. The first kappa shape index (κ1) is 9.21. The first-order valence-electron chi connectivity index (χ1n) is 3.18. The Labute approximate surface area is 65.8 Å². The van der Waals surface area contributed by atoms with E-state index in [4.69, 9.17) is 15.8 Å². The van der Waals surface area contributed by atoms with Crippen LogP contribution in [0.1, 0.15) is 12.8 Å². The molecular weight excluding hydrogens is 138 g/mol. The Morgan fingerprint density at radius 3 is 2.27 bits per heavy atom. The molecule has 0 aromatic rings. The van der Waals surface area contributed by atoms with Gasteiger partial charge in [0.25, 0.3) is 0 Å². The fourth-order valence-electron chi connectivity index (χ4n) is 0.495. The minimum Gasteiger partial charge on any atom is -0.198 e. The van der Waals surface area contributed by atoms with Crippen molar-refractivity contribution in [1.82, 2.24) is 0 Å². The van der Waals surface area contributed by atoms with Crippen molar-refractivity contribution in [1.29, 1.82) is 15.8 Å². The van der Waals surface area contributed by atoms with E-state index in [9.17, 15) is 0 Å². The van der Waals surface area contributed by atoms with E-state index in [1.807, 2.05) is 6.07 Å². The topological polar surface area (TPSA) is 71.4 Å². The second kappa shape index (κ2) is 6.33. The highest BCUT2D eigenvalue weighted by molar-refractivity contribution is 5.11. The first-order valence-corrected chi connectivity index (χ1v) is 3.18. The molecule has 0 aliphatic rings. The summed E-state index contributed by atoms with van der Waals surface area (Å²) in [6.45, 7) is 0. The van der Waals surface area contributed by atoms with Gasteiger partial charge < -0.3 is 0 Å². The Hall–Kier alpha value is -1.79. The van der Waals surface area contributed by atoms with Gasteiger partial charge in [-0.05, 0) is 6.42 Å². The van der Waals surface area contributed by atoms with E-state index >= 15 is 0 Å². The smallest absolute Gasteiger partial charge is 0.151 e. The summed E-state index contributed by atoms with van der Waals surface area (Å²) < 4.78 is 0. The Kier molecular flexibility index (Phi) is 5.30. The third-order valence-electron chi connectivity index (χ3n) is 1.03. The summed E-state index contributed by atoms with van der Waals surface area (Å²) in [6, 6.07) is 5.56. The van der Waals surface area contributed by atoms with E-state index < -0.39 is 5.92 Å². The summed E-state index contributed by atoms with van der Waals surface area (Å²) in [4.78, 5) is 0. The van der Waals surface area contributed by atoms with Crippen LogP contribution < -0.4 is 0 Å². The highest BCUT2D eigenvalue weighted by atomic mass is 14.3. The van der Waals surface area contributed by atoms with Gasteiger partial charge in [-0.25, -0.2) is 0 Å². The quantitative estimate of drug-likeness (QED) is 0.446. The second-order valence-electron chi connectivity index (χ2n) is 1.86. The second-order valence-corrected chi connectivity index (χ2v) is 1.86. The zero-order valence-corrected chi connectivity index (χ0v) is 5.99. The Balaban J connectivity index is 3.69. The molecule has 0 radical (unpaired) electrons. The Morgan fingerprint density at radius 1 is 1.18 bits per heavy atom. The van der Waals surface area contributed by atoms with Gasteiger partial charge in [-0.1, -0.05) is 12.2 Å². The molecule has 0 aromatic carbocycles. The summed E-state index contributed by atoms with van der Waals surface area (Å²) in [7, 11) is 0. The van der Waals surface area contributed by atoms with Crippen LogP contribution >= 0.6 is 0 Å². The molecule has 3 heteroatoms. The number of rotatable bonds is 3. The highest BCUT2D eigenvalue weighted by Gasteiger charge is 1.95. The van der Waals surface area contributed by atoms with E-state index in [-0.39, 0.29) is 0 Å². The number of nitriles is 3. The lowest BCUT2D eigenvalue weighted by Crippen LogP contribution is -1.84. The van der Waals surface area contributed by atoms with Crippen molar-refractivity contribution in [2.75, 3.05) is 0 Å². The van der Waals surface area contributed by atoms with Crippen LogP contribution in [0.2, 0.25) is 0 Å². The van der Waals surface area contributed by atoms with Gasteiger partial charge in [0.2, 0.25) is 0 Å². The predicted molar refractivity (Wildman–Crippen MR) is 38.7 cm³/mol. The van der Waals surface area contributed by atoms with Gasteiger partial charge in [-0.3, -0.25) is 0 Å². The lowest BCUT2D eigenvalue weighted by molar-refractivity contribution is 1.02. The third-order valence-corrected chi connectivity index (χ3v) is 1.03. The van der Waals surface area contributed by atoms with Crippen molar-refractivity contribution in [2.45, 2.75) is 12.8 Å². The van der Waals surface area contributed by atoms with Gasteiger partial charge in [0.05, 0.1) is 18.2 Å². The van der Waals surface area contributed by atoms with Gasteiger partial charge in [0.1, 0.15) is 0 Å². The van der Waals surface area contributed by atoms with Gasteiger partial charge >= 0.3 is 0 Å². The molecule has 3 nitrogen and oxygen atoms in total. The first-order chi connectivity index (χ1) is 5.35. The van der Waals surface area contributed by atoms with E-state index in [0.717, 1.165) is 0 Å². The molecule has 0 fully saturated rings. The van der Waals surface area contributed by atoms with Crippen LogP contribution in [0.5, 0.6) is 0 Å². The van der Waals surface area contributed by atoms with Gasteiger partial charge in [-0.15, -0.1) is 0 Å². The average molecular weight is 145 g/mol. The number of hydrogen-bond donors (Lipinski definition) is 0. The summed E-state index contributed by atoms with van der Waals surface area (Å²) in [6.07, 6.45) is 4.23. The van der Waals surface area contributed by atoms with Crippen molar-refractivity contribution in [3.8, 4) is 18.2 Å². The molecule has 0 rings (SSSR count). The highest BCUT2D eigenvalue weighted by Crippen LogP contribution is 1.96. The van der Waals surface area contributed by atoms with E-state index in [2.05, 4.69) is 0 Å². The summed E-state index contributed by atoms with van der Waals surface area (Å²) >= 11 is 0. The van der Waals surface area contributed by atoms with Crippen molar-refractivity contribution in [2.24, 2.45) is 5.92 Å². The molecule has 0 heterocycles. The maximum atomic E-state index is 8.29. The lowest BCUT2D eigenvalue weighted by atomic mass is 10.1. The van der Waals surface area contributed by atoms with Crippen LogP contribution in [0, 0.1) is 39.9 Å². The summed E-state index contributed by atoms with van der Waals surface area (Å²) in [5.74, 6) is -0.673. The molecule has 0 saturated carbocycles.